The van der Waals surface area contributed by atoms with Gasteiger partial charge in [0.2, 0.25) is 0 Å². The van der Waals surface area contributed by atoms with Gasteiger partial charge in [0.1, 0.15) is 5.56 Å². The number of hydrogen-bond donors (Lipinski definition) is 3. The molecule has 1 aliphatic rings. The molecule has 7 nitrogen and oxygen atoms in total. The molecule has 1 saturated carbocycles. The van der Waals surface area contributed by atoms with Gasteiger partial charge >= 0.3 is 5.97 Å². The molecule has 7 heteroatoms. The fraction of sp³-hybridized carbons (Fsp3) is 0.500. The summed E-state index contributed by atoms with van der Waals surface area (Å²) in [4.78, 5) is 15.6. The lowest BCUT2D eigenvalue weighted by atomic mass is 10.0. The molecule has 3 rings (SSSR count). The van der Waals surface area contributed by atoms with Crippen LogP contribution in [0.2, 0.25) is 0 Å². The number of rotatable bonds is 4. The van der Waals surface area contributed by atoms with Crippen molar-refractivity contribution in [1.82, 2.24) is 14.8 Å². The molecule has 2 heterocycles. The lowest BCUT2D eigenvalue weighted by Crippen LogP contribution is -2.27. The van der Waals surface area contributed by atoms with Crippen molar-refractivity contribution in [2.45, 2.75) is 25.3 Å². The Bertz CT molecular complexity index is 682. The van der Waals surface area contributed by atoms with E-state index < -0.39 is 5.97 Å². The second-order valence-corrected chi connectivity index (χ2v) is 5.48. The van der Waals surface area contributed by atoms with Crippen molar-refractivity contribution in [2.75, 3.05) is 11.9 Å². The van der Waals surface area contributed by atoms with Gasteiger partial charge in [0, 0.05) is 31.8 Å². The van der Waals surface area contributed by atoms with E-state index >= 15 is 0 Å². The van der Waals surface area contributed by atoms with E-state index in [0.29, 0.717) is 16.7 Å². The molecule has 2 aromatic rings. The van der Waals surface area contributed by atoms with Gasteiger partial charge in [-0.2, -0.15) is 5.10 Å². The Balaban J connectivity index is 2.06. The second kappa shape index (κ2) is 5.33. The number of pyridine rings is 1. The minimum absolute atomic E-state index is 0.0823. The lowest BCUT2D eigenvalue weighted by Gasteiger charge is -2.21. The molecule has 112 valence electrons. The quantitative estimate of drug-likeness (QED) is 0.783. The van der Waals surface area contributed by atoms with E-state index in [0.717, 1.165) is 19.3 Å². The minimum Gasteiger partial charge on any atom is -0.478 e. The average molecular weight is 290 g/mol. The van der Waals surface area contributed by atoms with E-state index in [1.807, 2.05) is 0 Å². The number of carbonyl (C=O) groups is 1. The summed E-state index contributed by atoms with van der Waals surface area (Å²) in [6, 6.07) is 0.0823. The Kier molecular flexibility index (Phi) is 3.50. The van der Waals surface area contributed by atoms with Crippen LogP contribution in [0.25, 0.3) is 11.0 Å². The summed E-state index contributed by atoms with van der Waals surface area (Å²) in [5.41, 5.74) is 1.33. The van der Waals surface area contributed by atoms with E-state index in [2.05, 4.69) is 15.4 Å². The van der Waals surface area contributed by atoms with Gasteiger partial charge in [0.25, 0.3) is 0 Å². The third-order valence-electron chi connectivity index (χ3n) is 4.22. The SMILES string of the molecule is Cn1ncc2c(NC3CCCC3CO)c(C(=O)O)cnc21. The summed E-state index contributed by atoms with van der Waals surface area (Å²) in [7, 11) is 1.77. The largest absolute Gasteiger partial charge is 0.478 e. The van der Waals surface area contributed by atoms with Crippen molar-refractivity contribution < 1.29 is 15.0 Å². The van der Waals surface area contributed by atoms with Crippen LogP contribution < -0.4 is 5.32 Å². The highest BCUT2D eigenvalue weighted by Crippen LogP contribution is 2.32. The molecule has 0 spiro atoms. The van der Waals surface area contributed by atoms with E-state index in [-0.39, 0.29) is 24.1 Å². The summed E-state index contributed by atoms with van der Waals surface area (Å²) in [5, 5.41) is 26.9. The number of fused-ring (bicyclic) bond motifs is 1. The molecule has 0 amide bonds. The first-order chi connectivity index (χ1) is 10.1. The highest BCUT2D eigenvalue weighted by molar-refractivity contribution is 6.03. The van der Waals surface area contributed by atoms with Crippen LogP contribution in [-0.2, 0) is 7.05 Å². The number of aromatic carboxylic acids is 1. The first-order valence-electron chi connectivity index (χ1n) is 7.03. The first kappa shape index (κ1) is 13.8. The van der Waals surface area contributed by atoms with Crippen LogP contribution in [0.1, 0.15) is 29.6 Å². The van der Waals surface area contributed by atoms with Crippen molar-refractivity contribution >= 4 is 22.7 Å². The molecular weight excluding hydrogens is 272 g/mol. The number of aryl methyl sites for hydroxylation is 1. The van der Waals surface area contributed by atoms with E-state index in [9.17, 15) is 15.0 Å². The van der Waals surface area contributed by atoms with Crippen LogP contribution in [-0.4, -0.2) is 43.6 Å². The molecule has 0 aliphatic heterocycles. The standard InChI is InChI=1S/C14H18N4O3/c1-18-13-9(6-16-18)12(10(5-15-13)14(20)21)17-11-4-2-3-8(11)7-19/h5-6,8,11,19H,2-4,7H2,1H3,(H,15,17)(H,20,21). The van der Waals surface area contributed by atoms with Crippen molar-refractivity contribution in [3.05, 3.63) is 18.0 Å². The zero-order chi connectivity index (χ0) is 15.0. The molecule has 21 heavy (non-hydrogen) atoms. The Hall–Kier alpha value is -2.15. The highest BCUT2D eigenvalue weighted by Gasteiger charge is 2.28. The van der Waals surface area contributed by atoms with E-state index in [1.54, 1.807) is 17.9 Å². The molecule has 3 N–H and O–H groups in total. The Labute approximate surface area is 121 Å². The molecule has 2 atom stereocenters. The number of aliphatic hydroxyl groups excluding tert-OH is 1. The van der Waals surface area contributed by atoms with Gasteiger partial charge < -0.3 is 15.5 Å². The van der Waals surface area contributed by atoms with Crippen LogP contribution >= 0.6 is 0 Å². The first-order valence-corrected chi connectivity index (χ1v) is 7.03. The molecule has 1 fully saturated rings. The third kappa shape index (κ3) is 2.33. The van der Waals surface area contributed by atoms with Crippen LogP contribution in [0.15, 0.2) is 12.4 Å². The van der Waals surface area contributed by atoms with Crippen molar-refractivity contribution in [3.63, 3.8) is 0 Å². The maximum Gasteiger partial charge on any atom is 0.339 e. The van der Waals surface area contributed by atoms with Gasteiger partial charge in [0.15, 0.2) is 5.65 Å². The van der Waals surface area contributed by atoms with Crippen molar-refractivity contribution in [3.8, 4) is 0 Å². The van der Waals surface area contributed by atoms with Gasteiger partial charge in [-0.15, -0.1) is 0 Å². The molecule has 1 aliphatic carbocycles. The number of nitrogens with zero attached hydrogens (tertiary/aromatic N) is 3. The Morgan fingerprint density at radius 3 is 3.00 bits per heavy atom. The Morgan fingerprint density at radius 2 is 2.29 bits per heavy atom. The monoisotopic (exact) mass is 290 g/mol. The number of carboxylic acid groups (broad SMARTS) is 1. The lowest BCUT2D eigenvalue weighted by molar-refractivity contribution is 0.0697. The fourth-order valence-corrected chi connectivity index (χ4v) is 3.04. The van der Waals surface area contributed by atoms with Gasteiger partial charge in [-0.3, -0.25) is 4.68 Å². The summed E-state index contributed by atoms with van der Waals surface area (Å²) >= 11 is 0. The zero-order valence-electron chi connectivity index (χ0n) is 11.8. The van der Waals surface area contributed by atoms with Gasteiger partial charge in [0.05, 0.1) is 17.3 Å². The van der Waals surface area contributed by atoms with Crippen LogP contribution in [0.5, 0.6) is 0 Å². The predicted molar refractivity (Wildman–Crippen MR) is 77.3 cm³/mol. The molecule has 0 saturated heterocycles. The van der Waals surface area contributed by atoms with Crippen molar-refractivity contribution in [2.24, 2.45) is 13.0 Å². The van der Waals surface area contributed by atoms with Crippen LogP contribution in [0.4, 0.5) is 5.69 Å². The number of aliphatic hydroxyl groups is 1. The molecular formula is C14H18N4O3. The minimum atomic E-state index is -1.02. The topological polar surface area (TPSA) is 100 Å². The number of hydrogen-bond acceptors (Lipinski definition) is 5. The highest BCUT2D eigenvalue weighted by atomic mass is 16.4. The summed E-state index contributed by atoms with van der Waals surface area (Å²) < 4.78 is 1.62. The third-order valence-corrected chi connectivity index (χ3v) is 4.22. The second-order valence-electron chi connectivity index (χ2n) is 5.48. The molecule has 0 aromatic carbocycles. The van der Waals surface area contributed by atoms with Gasteiger partial charge in [-0.1, -0.05) is 6.42 Å². The summed E-state index contributed by atoms with van der Waals surface area (Å²) in [6.45, 7) is 0.112. The van der Waals surface area contributed by atoms with Crippen LogP contribution in [0, 0.1) is 5.92 Å². The normalized spacial score (nSPS) is 21.8. The van der Waals surface area contributed by atoms with Gasteiger partial charge in [-0.05, 0) is 12.8 Å². The molecule has 0 radical (unpaired) electrons. The van der Waals surface area contributed by atoms with E-state index in [1.165, 1.54) is 6.20 Å². The zero-order valence-corrected chi connectivity index (χ0v) is 11.8. The number of carboxylic acids is 1. The van der Waals surface area contributed by atoms with Gasteiger partial charge in [-0.25, -0.2) is 9.78 Å². The average Bonchev–Trinajstić information content (AvgIpc) is 3.06. The maximum absolute atomic E-state index is 11.4. The summed E-state index contributed by atoms with van der Waals surface area (Å²) in [6.07, 6.45) is 5.90. The molecule has 0 bridgehead atoms. The smallest absolute Gasteiger partial charge is 0.339 e. The number of nitrogens with one attached hydrogen (secondary N) is 1. The number of aromatic nitrogens is 3. The van der Waals surface area contributed by atoms with Crippen LogP contribution in [0.3, 0.4) is 0 Å². The predicted octanol–water partition coefficient (Wildman–Crippen LogP) is 1.24. The summed E-state index contributed by atoms with van der Waals surface area (Å²) in [5.74, 6) is -0.860. The molecule has 2 aromatic heterocycles. The van der Waals surface area contributed by atoms with E-state index in [4.69, 9.17) is 0 Å². The fourth-order valence-electron chi connectivity index (χ4n) is 3.04. The molecule has 2 unspecified atom stereocenters. The number of anilines is 1. The maximum atomic E-state index is 11.4. The Morgan fingerprint density at radius 1 is 1.48 bits per heavy atom. The van der Waals surface area contributed by atoms with Crippen molar-refractivity contribution in [1.29, 1.82) is 0 Å².